The third kappa shape index (κ3) is 2.28. The van der Waals surface area contributed by atoms with Crippen molar-refractivity contribution >= 4 is 41.1 Å². The first-order chi connectivity index (χ1) is 8.11. The summed E-state index contributed by atoms with van der Waals surface area (Å²) in [5.74, 6) is -1.11. The van der Waals surface area contributed by atoms with E-state index in [1.54, 1.807) is 18.5 Å². The smallest absolute Gasteiger partial charge is 0.337 e. The van der Waals surface area contributed by atoms with Crippen LogP contribution in [-0.2, 0) is 0 Å². The summed E-state index contributed by atoms with van der Waals surface area (Å²) in [6.45, 7) is 0.655. The molecule has 88 valence electrons. The molecule has 0 amide bonds. The van der Waals surface area contributed by atoms with Crippen LogP contribution in [0, 0.1) is 0 Å². The molecule has 1 aliphatic rings. The monoisotopic (exact) mass is 270 g/mol. The zero-order valence-corrected chi connectivity index (χ0v) is 10.1. The quantitative estimate of drug-likeness (QED) is 0.869. The zero-order chi connectivity index (χ0) is 12.4. The standard InChI is InChI=1S/C11H8Cl2N2O2/c12-9-6(8-5-14-3-4-15-8)1-2-7(10(9)13)11(16)17/h1-2,4-5,14H,3H2,(H,16,17). The molecule has 0 aromatic heterocycles. The van der Waals surface area contributed by atoms with E-state index in [0.717, 1.165) is 0 Å². The first-order valence-electron chi connectivity index (χ1n) is 4.79. The Balaban J connectivity index is 2.51. The van der Waals surface area contributed by atoms with E-state index in [0.29, 0.717) is 17.8 Å². The Hall–Kier alpha value is -1.52. The highest BCUT2D eigenvalue weighted by Crippen LogP contribution is 2.34. The summed E-state index contributed by atoms with van der Waals surface area (Å²) in [6.07, 6.45) is 3.41. The highest BCUT2D eigenvalue weighted by Gasteiger charge is 2.17. The number of carboxylic acids is 1. The van der Waals surface area contributed by atoms with Gasteiger partial charge < -0.3 is 10.4 Å². The van der Waals surface area contributed by atoms with Gasteiger partial charge in [0.15, 0.2) is 0 Å². The van der Waals surface area contributed by atoms with Crippen molar-refractivity contribution in [2.45, 2.75) is 0 Å². The summed E-state index contributed by atoms with van der Waals surface area (Å²) in [7, 11) is 0. The van der Waals surface area contributed by atoms with Crippen molar-refractivity contribution in [3.8, 4) is 0 Å². The molecule has 1 aromatic carbocycles. The number of hydrogen-bond donors (Lipinski definition) is 2. The number of nitrogens with one attached hydrogen (secondary N) is 1. The second kappa shape index (κ2) is 4.77. The van der Waals surface area contributed by atoms with Crippen LogP contribution in [0.1, 0.15) is 15.9 Å². The van der Waals surface area contributed by atoms with Gasteiger partial charge in [0.25, 0.3) is 0 Å². The van der Waals surface area contributed by atoms with Crippen molar-refractivity contribution in [3.63, 3.8) is 0 Å². The molecule has 4 nitrogen and oxygen atoms in total. The lowest BCUT2D eigenvalue weighted by molar-refractivity contribution is 0.0697. The van der Waals surface area contributed by atoms with Gasteiger partial charge in [0.1, 0.15) is 0 Å². The first kappa shape index (κ1) is 12.0. The van der Waals surface area contributed by atoms with Crippen molar-refractivity contribution in [2.24, 2.45) is 4.99 Å². The van der Waals surface area contributed by atoms with Crippen molar-refractivity contribution in [1.82, 2.24) is 5.32 Å². The van der Waals surface area contributed by atoms with Gasteiger partial charge in [0, 0.05) is 24.5 Å². The molecule has 1 heterocycles. The predicted octanol–water partition coefficient (Wildman–Crippen LogP) is 2.66. The summed E-state index contributed by atoms with van der Waals surface area (Å²) in [6, 6.07) is 3.00. The molecule has 0 atom stereocenters. The average Bonchev–Trinajstić information content (AvgIpc) is 2.33. The minimum atomic E-state index is -1.11. The Morgan fingerprint density at radius 3 is 2.71 bits per heavy atom. The molecule has 0 unspecified atom stereocenters. The second-order valence-corrected chi connectivity index (χ2v) is 4.10. The Morgan fingerprint density at radius 2 is 2.12 bits per heavy atom. The summed E-state index contributed by atoms with van der Waals surface area (Å²) in [4.78, 5) is 15.0. The minimum absolute atomic E-state index is 0.0197. The Morgan fingerprint density at radius 1 is 1.35 bits per heavy atom. The van der Waals surface area contributed by atoms with Crippen molar-refractivity contribution in [2.75, 3.05) is 6.54 Å². The lowest BCUT2D eigenvalue weighted by Gasteiger charge is -2.11. The molecule has 0 fully saturated rings. The normalized spacial score (nSPS) is 14.1. The second-order valence-electron chi connectivity index (χ2n) is 3.34. The van der Waals surface area contributed by atoms with Crippen molar-refractivity contribution in [1.29, 1.82) is 0 Å². The van der Waals surface area contributed by atoms with E-state index < -0.39 is 5.97 Å². The van der Waals surface area contributed by atoms with E-state index in [4.69, 9.17) is 28.3 Å². The molecular formula is C11H8Cl2N2O2. The van der Waals surface area contributed by atoms with Crippen LogP contribution in [0.4, 0.5) is 0 Å². The number of hydrogen-bond acceptors (Lipinski definition) is 3. The van der Waals surface area contributed by atoms with Gasteiger partial charge in [-0.1, -0.05) is 29.3 Å². The molecule has 1 aliphatic heterocycles. The minimum Gasteiger partial charge on any atom is -0.478 e. The Labute approximate surface area is 108 Å². The molecule has 0 bridgehead atoms. The van der Waals surface area contributed by atoms with E-state index in [2.05, 4.69) is 10.3 Å². The van der Waals surface area contributed by atoms with E-state index in [1.165, 1.54) is 6.07 Å². The van der Waals surface area contributed by atoms with E-state index in [1.807, 2.05) is 0 Å². The number of rotatable bonds is 2. The molecule has 17 heavy (non-hydrogen) atoms. The van der Waals surface area contributed by atoms with E-state index in [9.17, 15) is 4.79 Å². The summed E-state index contributed by atoms with van der Waals surface area (Å²) in [5.41, 5.74) is 1.21. The lowest BCUT2D eigenvalue weighted by atomic mass is 10.1. The number of aliphatic imine (C=N–C) groups is 1. The van der Waals surface area contributed by atoms with Crippen LogP contribution in [0.15, 0.2) is 23.3 Å². The molecular weight excluding hydrogens is 263 g/mol. The molecule has 0 saturated carbocycles. The third-order valence-corrected chi connectivity index (χ3v) is 3.15. The largest absolute Gasteiger partial charge is 0.478 e. The van der Waals surface area contributed by atoms with Gasteiger partial charge in [0.05, 0.1) is 21.3 Å². The van der Waals surface area contributed by atoms with Crippen LogP contribution < -0.4 is 5.32 Å². The number of benzene rings is 1. The maximum atomic E-state index is 10.9. The molecule has 0 aliphatic carbocycles. The van der Waals surface area contributed by atoms with Gasteiger partial charge in [-0.05, 0) is 6.07 Å². The van der Waals surface area contributed by atoms with Crippen LogP contribution in [-0.4, -0.2) is 23.8 Å². The summed E-state index contributed by atoms with van der Waals surface area (Å²) < 4.78 is 0. The first-order valence-corrected chi connectivity index (χ1v) is 5.54. The maximum Gasteiger partial charge on any atom is 0.337 e. The topological polar surface area (TPSA) is 61.7 Å². The fourth-order valence-corrected chi connectivity index (χ4v) is 1.96. The van der Waals surface area contributed by atoms with Gasteiger partial charge in [-0.2, -0.15) is 0 Å². The SMILES string of the molecule is O=C(O)c1ccc(C2=CNCC=N2)c(Cl)c1Cl. The van der Waals surface area contributed by atoms with E-state index in [-0.39, 0.29) is 15.6 Å². The summed E-state index contributed by atoms with van der Waals surface area (Å²) in [5, 5.41) is 12.1. The predicted molar refractivity (Wildman–Crippen MR) is 67.9 cm³/mol. The molecule has 2 rings (SSSR count). The lowest BCUT2D eigenvalue weighted by Crippen LogP contribution is -2.13. The number of nitrogens with zero attached hydrogens (tertiary/aromatic N) is 1. The molecule has 1 aromatic rings. The summed E-state index contributed by atoms with van der Waals surface area (Å²) >= 11 is 11.9. The van der Waals surface area contributed by atoms with Crippen LogP contribution in [0.25, 0.3) is 5.70 Å². The van der Waals surface area contributed by atoms with Gasteiger partial charge >= 0.3 is 5.97 Å². The van der Waals surface area contributed by atoms with Crippen LogP contribution in [0.2, 0.25) is 10.0 Å². The average molecular weight is 271 g/mol. The fourth-order valence-electron chi connectivity index (χ4n) is 1.45. The molecule has 0 spiro atoms. The van der Waals surface area contributed by atoms with Gasteiger partial charge in [-0.15, -0.1) is 0 Å². The molecule has 6 heteroatoms. The Kier molecular flexibility index (Phi) is 3.36. The van der Waals surface area contributed by atoms with E-state index >= 15 is 0 Å². The van der Waals surface area contributed by atoms with Crippen molar-refractivity contribution < 1.29 is 9.90 Å². The van der Waals surface area contributed by atoms with Gasteiger partial charge in [-0.25, -0.2) is 4.79 Å². The van der Waals surface area contributed by atoms with Crippen LogP contribution in [0.5, 0.6) is 0 Å². The molecule has 0 radical (unpaired) electrons. The number of carbonyl (C=O) groups is 1. The number of carboxylic acid groups (broad SMARTS) is 1. The third-order valence-electron chi connectivity index (χ3n) is 2.27. The maximum absolute atomic E-state index is 10.9. The van der Waals surface area contributed by atoms with Crippen LogP contribution >= 0.6 is 23.2 Å². The van der Waals surface area contributed by atoms with Gasteiger partial charge in [0.2, 0.25) is 0 Å². The zero-order valence-electron chi connectivity index (χ0n) is 8.58. The highest BCUT2D eigenvalue weighted by atomic mass is 35.5. The molecule has 0 saturated heterocycles. The molecule has 2 N–H and O–H groups in total. The Bertz CT molecular complexity index is 539. The van der Waals surface area contributed by atoms with Crippen molar-refractivity contribution in [3.05, 3.63) is 39.5 Å². The fraction of sp³-hybridized carbons (Fsp3) is 0.0909. The van der Waals surface area contributed by atoms with Gasteiger partial charge in [-0.3, -0.25) is 4.99 Å². The highest BCUT2D eigenvalue weighted by molar-refractivity contribution is 6.44. The van der Waals surface area contributed by atoms with Crippen LogP contribution in [0.3, 0.4) is 0 Å². The number of halogens is 2. The number of aromatic carboxylic acids is 1.